The lowest BCUT2D eigenvalue weighted by molar-refractivity contribution is 0.0994. The van der Waals surface area contributed by atoms with Gasteiger partial charge in [0.15, 0.2) is 11.6 Å². The Hall–Kier alpha value is -4.07. The van der Waals surface area contributed by atoms with Crippen LogP contribution in [0.5, 0.6) is 5.75 Å². The second-order valence-corrected chi connectivity index (χ2v) is 7.15. The Morgan fingerprint density at radius 2 is 1.87 bits per heavy atom. The number of nitrogens with zero attached hydrogens (tertiary/aromatic N) is 3. The Balaban J connectivity index is 1.76. The van der Waals surface area contributed by atoms with Gasteiger partial charge in [-0.25, -0.2) is 4.98 Å². The minimum atomic E-state index is -0.560. The first kappa shape index (κ1) is 20.2. The molecule has 158 valence electrons. The van der Waals surface area contributed by atoms with Gasteiger partial charge in [-0.3, -0.25) is 9.59 Å². The molecule has 0 saturated carbocycles. The highest BCUT2D eigenvalue weighted by molar-refractivity contribution is 6.05. The first-order valence-corrected chi connectivity index (χ1v) is 9.85. The third-order valence-corrected chi connectivity index (χ3v) is 5.08. The quantitative estimate of drug-likeness (QED) is 0.502. The number of carbonyl (C=O) groups is 2. The summed E-state index contributed by atoms with van der Waals surface area (Å²) in [7, 11) is 3.70. The molecule has 0 aliphatic heterocycles. The van der Waals surface area contributed by atoms with E-state index in [-0.39, 0.29) is 5.91 Å². The molecule has 0 aliphatic carbocycles. The molecule has 0 atom stereocenters. The summed E-state index contributed by atoms with van der Waals surface area (Å²) in [6.07, 6.45) is 1.65. The number of carbonyl (C=O) groups excluding carboxylic acids is 2. The summed E-state index contributed by atoms with van der Waals surface area (Å²) in [5.41, 5.74) is 9.29. The van der Waals surface area contributed by atoms with Crippen LogP contribution in [0.2, 0.25) is 0 Å². The van der Waals surface area contributed by atoms with Crippen molar-refractivity contribution in [3.63, 3.8) is 0 Å². The van der Waals surface area contributed by atoms with E-state index in [4.69, 9.17) is 15.5 Å². The van der Waals surface area contributed by atoms with Crippen molar-refractivity contribution in [2.75, 3.05) is 11.9 Å². The number of nitrogens with two attached hydrogens (primary N) is 1. The molecule has 0 unspecified atom stereocenters. The molecule has 4 rings (SSSR count). The van der Waals surface area contributed by atoms with E-state index in [1.807, 2.05) is 62.0 Å². The van der Waals surface area contributed by atoms with Crippen LogP contribution in [0, 0.1) is 0 Å². The van der Waals surface area contributed by atoms with Gasteiger partial charge in [-0.05, 0) is 37.3 Å². The van der Waals surface area contributed by atoms with Gasteiger partial charge in [0.05, 0.1) is 23.2 Å². The molecule has 2 aromatic carbocycles. The summed E-state index contributed by atoms with van der Waals surface area (Å²) in [5.74, 6) is 0.284. The van der Waals surface area contributed by atoms with Gasteiger partial charge in [-0.2, -0.15) is 0 Å². The number of benzene rings is 2. The Bertz CT molecular complexity index is 1290. The number of hydrogen-bond donors (Lipinski definition) is 2. The summed E-state index contributed by atoms with van der Waals surface area (Å²) < 4.78 is 9.45. The van der Waals surface area contributed by atoms with E-state index in [2.05, 4.69) is 5.32 Å². The van der Waals surface area contributed by atoms with Crippen molar-refractivity contribution in [3.05, 3.63) is 65.9 Å². The van der Waals surface area contributed by atoms with E-state index >= 15 is 0 Å². The summed E-state index contributed by atoms with van der Waals surface area (Å²) in [6.45, 7) is 2.23. The van der Waals surface area contributed by atoms with Crippen LogP contribution in [0.3, 0.4) is 0 Å². The van der Waals surface area contributed by atoms with Crippen molar-refractivity contribution in [1.29, 1.82) is 0 Å². The number of aromatic nitrogens is 3. The Morgan fingerprint density at radius 3 is 2.55 bits per heavy atom. The molecule has 2 heterocycles. The van der Waals surface area contributed by atoms with Crippen molar-refractivity contribution >= 4 is 28.5 Å². The summed E-state index contributed by atoms with van der Waals surface area (Å²) in [5, 5.41) is 2.90. The van der Waals surface area contributed by atoms with Gasteiger partial charge in [-0.15, -0.1) is 0 Å². The van der Waals surface area contributed by atoms with Crippen molar-refractivity contribution in [3.8, 4) is 17.3 Å². The van der Waals surface area contributed by atoms with E-state index in [0.717, 1.165) is 5.52 Å². The second kappa shape index (κ2) is 7.98. The van der Waals surface area contributed by atoms with Gasteiger partial charge in [-0.1, -0.05) is 18.2 Å². The summed E-state index contributed by atoms with van der Waals surface area (Å²) in [6, 6.07) is 14.6. The number of rotatable bonds is 6. The monoisotopic (exact) mass is 417 g/mol. The van der Waals surface area contributed by atoms with E-state index in [9.17, 15) is 9.59 Å². The predicted octanol–water partition coefficient (Wildman–Crippen LogP) is 3.33. The zero-order valence-electron chi connectivity index (χ0n) is 17.5. The van der Waals surface area contributed by atoms with Gasteiger partial charge in [0.2, 0.25) is 0 Å². The number of hydrogen-bond acceptors (Lipinski definition) is 4. The van der Waals surface area contributed by atoms with Crippen LogP contribution in [0.15, 0.2) is 54.7 Å². The molecular weight excluding hydrogens is 394 g/mol. The lowest BCUT2D eigenvalue weighted by Crippen LogP contribution is -2.11. The van der Waals surface area contributed by atoms with Gasteiger partial charge in [0.25, 0.3) is 11.8 Å². The fourth-order valence-corrected chi connectivity index (χ4v) is 3.61. The predicted molar refractivity (Wildman–Crippen MR) is 119 cm³/mol. The first-order chi connectivity index (χ1) is 14.9. The maximum Gasteiger partial charge on any atom is 0.255 e. The summed E-state index contributed by atoms with van der Waals surface area (Å²) in [4.78, 5) is 29.1. The number of amides is 2. The number of imidazole rings is 1. The van der Waals surface area contributed by atoms with Crippen LogP contribution < -0.4 is 15.8 Å². The van der Waals surface area contributed by atoms with Crippen LogP contribution in [0.1, 0.15) is 27.6 Å². The second-order valence-electron chi connectivity index (χ2n) is 7.15. The third kappa shape index (κ3) is 3.63. The fourth-order valence-electron chi connectivity index (χ4n) is 3.61. The minimum absolute atomic E-state index is 0.191. The summed E-state index contributed by atoms with van der Waals surface area (Å²) >= 11 is 0. The highest BCUT2D eigenvalue weighted by Crippen LogP contribution is 2.36. The molecule has 0 radical (unpaired) electrons. The molecule has 4 aromatic rings. The standard InChI is InChI=1S/C23H23N5O3/c1-4-31-20-16(21(24)29)13-27(2)19(20)22-26-17-12-15(10-11-18(17)28(22)3)25-23(30)14-8-6-5-7-9-14/h5-13H,4H2,1-3H3,(H2,24,29)(H,25,30). The smallest absolute Gasteiger partial charge is 0.255 e. The van der Waals surface area contributed by atoms with Crippen molar-refractivity contribution in [1.82, 2.24) is 14.1 Å². The minimum Gasteiger partial charge on any atom is -0.491 e. The fraction of sp³-hybridized carbons (Fsp3) is 0.174. The van der Waals surface area contributed by atoms with Crippen LogP contribution in [0.25, 0.3) is 22.6 Å². The van der Waals surface area contributed by atoms with E-state index in [1.165, 1.54) is 0 Å². The van der Waals surface area contributed by atoms with Gasteiger partial charge >= 0.3 is 0 Å². The number of nitrogens with one attached hydrogen (secondary N) is 1. The molecule has 31 heavy (non-hydrogen) atoms. The Morgan fingerprint density at radius 1 is 1.13 bits per heavy atom. The van der Waals surface area contributed by atoms with E-state index in [0.29, 0.717) is 46.2 Å². The molecule has 0 saturated heterocycles. The van der Waals surface area contributed by atoms with Gasteiger partial charge in [0, 0.05) is 31.5 Å². The van der Waals surface area contributed by atoms with Crippen LogP contribution in [-0.2, 0) is 14.1 Å². The number of aryl methyl sites for hydroxylation is 2. The van der Waals surface area contributed by atoms with E-state index in [1.54, 1.807) is 22.9 Å². The molecule has 0 bridgehead atoms. The molecule has 2 aromatic heterocycles. The molecule has 0 fully saturated rings. The van der Waals surface area contributed by atoms with Crippen LogP contribution in [-0.4, -0.2) is 32.5 Å². The normalized spacial score (nSPS) is 10.9. The van der Waals surface area contributed by atoms with Crippen LogP contribution >= 0.6 is 0 Å². The molecular formula is C23H23N5O3. The molecule has 3 N–H and O–H groups in total. The SMILES string of the molecule is CCOc1c(C(N)=O)cn(C)c1-c1nc2cc(NC(=O)c3ccccc3)ccc2n1C. The first-order valence-electron chi connectivity index (χ1n) is 9.85. The number of ether oxygens (including phenoxy) is 1. The number of primary amides is 1. The maximum atomic E-state index is 12.5. The molecule has 8 heteroatoms. The van der Waals surface area contributed by atoms with Gasteiger partial charge in [0.1, 0.15) is 5.69 Å². The highest BCUT2D eigenvalue weighted by Gasteiger charge is 2.24. The Labute approximate surface area is 179 Å². The lowest BCUT2D eigenvalue weighted by Gasteiger charge is -2.09. The lowest BCUT2D eigenvalue weighted by atomic mass is 10.2. The molecule has 8 nitrogen and oxygen atoms in total. The van der Waals surface area contributed by atoms with E-state index < -0.39 is 5.91 Å². The van der Waals surface area contributed by atoms with Crippen molar-refractivity contribution in [2.45, 2.75) is 6.92 Å². The largest absolute Gasteiger partial charge is 0.491 e. The number of fused-ring (bicyclic) bond motifs is 1. The van der Waals surface area contributed by atoms with Crippen molar-refractivity contribution < 1.29 is 14.3 Å². The molecule has 0 spiro atoms. The maximum absolute atomic E-state index is 12.5. The third-order valence-electron chi connectivity index (χ3n) is 5.08. The topological polar surface area (TPSA) is 104 Å². The van der Waals surface area contributed by atoms with Gasteiger partial charge < -0.3 is 24.9 Å². The van der Waals surface area contributed by atoms with Crippen LogP contribution in [0.4, 0.5) is 5.69 Å². The molecule has 2 amide bonds. The Kier molecular flexibility index (Phi) is 5.21. The average molecular weight is 417 g/mol. The zero-order chi connectivity index (χ0) is 22.1. The average Bonchev–Trinajstić information content (AvgIpc) is 3.25. The zero-order valence-corrected chi connectivity index (χ0v) is 17.5. The number of anilines is 1. The van der Waals surface area contributed by atoms with Crippen molar-refractivity contribution in [2.24, 2.45) is 19.8 Å². The highest BCUT2D eigenvalue weighted by atomic mass is 16.5. The molecule has 0 aliphatic rings.